The molecule has 0 aromatic carbocycles. The van der Waals surface area contributed by atoms with E-state index >= 15 is 0 Å². The van der Waals surface area contributed by atoms with Crippen LogP contribution < -0.4 is 27.8 Å². The fourth-order valence-electron chi connectivity index (χ4n) is 5.10. The summed E-state index contributed by atoms with van der Waals surface area (Å²) < 4.78 is 38.6. The minimum Gasteiger partial charge on any atom is -0.463 e. The Bertz CT molecular complexity index is 1800. The highest BCUT2D eigenvalue weighted by atomic mass is 19.1. The van der Waals surface area contributed by atoms with Crippen LogP contribution in [0.2, 0.25) is 0 Å². The second kappa shape index (κ2) is 15.0. The SMILES string of the molecule is CC(=O)N[C@@H](CCC(=O)OC[C@H]1O[C@@H](n2cc(C)c(=O)[nH]c2=O)C[C@@H]1F)C(=O)OC[C@H]1O[C@@H](n2cc(C)c(=O)[nH]c2=O)C[C@@H]1N=[N+]=[N-]. The molecule has 0 saturated carbocycles. The third-order valence-electron chi connectivity index (χ3n) is 7.58. The van der Waals surface area contributed by atoms with Crippen molar-refractivity contribution in [2.24, 2.45) is 5.11 Å². The molecule has 3 N–H and O–H groups in total. The Morgan fingerprint density at radius 1 is 1.00 bits per heavy atom. The van der Waals surface area contributed by atoms with E-state index in [1.54, 1.807) is 0 Å². The Labute approximate surface area is 263 Å². The predicted molar refractivity (Wildman–Crippen MR) is 156 cm³/mol. The molecule has 2 aromatic rings. The fourth-order valence-corrected chi connectivity index (χ4v) is 5.10. The number of H-pyrrole nitrogens is 2. The molecule has 0 spiro atoms. The van der Waals surface area contributed by atoms with Crippen molar-refractivity contribution in [2.45, 2.75) is 89.4 Å². The standard InChI is InChI=1S/C27H33FN8O11/c1-12-8-35(26(42)31-23(12)39)20-6-15(28)18(46-20)10-44-22(38)5-4-16(30-14(3)37)25(41)45-11-19-17(33-34-29)7-21(47-19)36-9-13(2)24(40)32-27(36)43/h8-9,15-21H,4-7,10-11H2,1-3H3,(H,30,37)(H,31,39,42)(H,32,40,43)/t15-,16-,17-,18+,19+,20+,21+/m0/s1. The number of aromatic nitrogens is 4. The summed E-state index contributed by atoms with van der Waals surface area (Å²) >= 11 is 0. The van der Waals surface area contributed by atoms with Crippen molar-refractivity contribution >= 4 is 17.8 Å². The topological polar surface area (TPSA) is 259 Å². The molecule has 0 unspecified atom stereocenters. The molecule has 0 aliphatic carbocycles. The van der Waals surface area contributed by atoms with Crippen LogP contribution in [0, 0.1) is 13.8 Å². The van der Waals surface area contributed by atoms with Crippen molar-refractivity contribution < 1.29 is 37.7 Å². The summed E-state index contributed by atoms with van der Waals surface area (Å²) in [4.78, 5) is 91.9. The highest BCUT2D eigenvalue weighted by molar-refractivity contribution is 5.83. The van der Waals surface area contributed by atoms with Gasteiger partial charge in [-0.2, -0.15) is 0 Å². The molecule has 0 radical (unpaired) electrons. The lowest BCUT2D eigenvalue weighted by molar-refractivity contribution is -0.154. The van der Waals surface area contributed by atoms with Gasteiger partial charge >= 0.3 is 23.3 Å². The molecule has 2 saturated heterocycles. The number of hydrogen-bond donors (Lipinski definition) is 3. The van der Waals surface area contributed by atoms with Crippen LogP contribution in [-0.4, -0.2) is 80.6 Å². The Balaban J connectivity index is 1.30. The molecule has 4 heterocycles. The van der Waals surface area contributed by atoms with Gasteiger partial charge in [0.05, 0.1) is 6.04 Å². The third-order valence-corrected chi connectivity index (χ3v) is 7.58. The van der Waals surface area contributed by atoms with Gasteiger partial charge < -0.3 is 24.3 Å². The predicted octanol–water partition coefficient (Wildman–Crippen LogP) is -0.333. The molecule has 2 aliphatic rings. The van der Waals surface area contributed by atoms with Gasteiger partial charge in [-0.1, -0.05) is 5.11 Å². The number of hydrogen-bond acceptors (Lipinski definition) is 12. The van der Waals surface area contributed by atoms with Gasteiger partial charge in [0.1, 0.15) is 50.1 Å². The van der Waals surface area contributed by atoms with Crippen LogP contribution in [0.5, 0.6) is 0 Å². The first-order valence-electron chi connectivity index (χ1n) is 14.5. The maximum atomic E-state index is 14.6. The van der Waals surface area contributed by atoms with Gasteiger partial charge in [0, 0.05) is 54.6 Å². The van der Waals surface area contributed by atoms with E-state index in [0.29, 0.717) is 0 Å². The maximum Gasteiger partial charge on any atom is 0.330 e. The molecule has 20 heteroatoms. The molecule has 2 aliphatic heterocycles. The lowest BCUT2D eigenvalue weighted by atomic mass is 10.1. The first-order valence-corrected chi connectivity index (χ1v) is 14.5. The minimum atomic E-state index is -1.59. The van der Waals surface area contributed by atoms with Gasteiger partial charge in [-0.25, -0.2) is 18.8 Å². The summed E-state index contributed by atoms with van der Waals surface area (Å²) in [5, 5.41) is 6.03. The number of amides is 1. The van der Waals surface area contributed by atoms with Crippen LogP contribution in [0.15, 0.2) is 36.7 Å². The van der Waals surface area contributed by atoms with Gasteiger partial charge in [-0.05, 0) is 25.8 Å². The molecule has 1 amide bonds. The van der Waals surface area contributed by atoms with Crippen molar-refractivity contribution in [1.82, 2.24) is 24.4 Å². The number of nitrogens with zero attached hydrogens (tertiary/aromatic N) is 5. The van der Waals surface area contributed by atoms with Crippen molar-refractivity contribution in [1.29, 1.82) is 0 Å². The summed E-state index contributed by atoms with van der Waals surface area (Å²) in [5.74, 6) is -2.38. The molecule has 7 atom stereocenters. The van der Waals surface area contributed by atoms with Gasteiger partial charge in [0.25, 0.3) is 11.1 Å². The molecule has 4 rings (SSSR count). The Kier molecular flexibility index (Phi) is 11.1. The first kappa shape index (κ1) is 34.8. The van der Waals surface area contributed by atoms with E-state index in [1.807, 2.05) is 0 Å². The van der Waals surface area contributed by atoms with E-state index in [-0.39, 0.29) is 36.8 Å². The number of halogens is 1. The van der Waals surface area contributed by atoms with E-state index in [2.05, 4.69) is 25.3 Å². The second-order valence-electron chi connectivity index (χ2n) is 11.1. The quantitative estimate of drug-likeness (QED) is 0.114. The Morgan fingerprint density at radius 3 is 2.13 bits per heavy atom. The van der Waals surface area contributed by atoms with Crippen molar-refractivity contribution in [2.75, 3.05) is 13.2 Å². The molecular weight excluding hydrogens is 631 g/mol. The van der Waals surface area contributed by atoms with E-state index in [9.17, 15) is 38.0 Å². The monoisotopic (exact) mass is 664 g/mol. The summed E-state index contributed by atoms with van der Waals surface area (Å²) in [6.45, 7) is 3.17. The molecule has 47 heavy (non-hydrogen) atoms. The molecule has 2 aromatic heterocycles. The number of carbonyl (C=O) groups excluding carboxylic acids is 3. The summed E-state index contributed by atoms with van der Waals surface area (Å²) in [5.41, 5.74) is 6.76. The van der Waals surface area contributed by atoms with Crippen LogP contribution in [0.4, 0.5) is 4.39 Å². The van der Waals surface area contributed by atoms with Gasteiger partial charge in [-0.3, -0.25) is 38.3 Å². The lowest BCUT2D eigenvalue weighted by Crippen LogP contribution is -2.42. The number of rotatable bonds is 12. The number of carbonyl (C=O) groups is 3. The number of nitrogens with one attached hydrogen (secondary N) is 3. The van der Waals surface area contributed by atoms with Gasteiger partial charge in [-0.15, -0.1) is 0 Å². The number of alkyl halides is 1. The van der Waals surface area contributed by atoms with E-state index in [4.69, 9.17) is 24.5 Å². The molecular formula is C27H33FN8O11. The Hall–Kier alpha value is -5.07. The number of esters is 2. The zero-order chi connectivity index (χ0) is 34.4. The van der Waals surface area contributed by atoms with Gasteiger partial charge in [0.15, 0.2) is 0 Å². The van der Waals surface area contributed by atoms with Crippen molar-refractivity contribution in [3.8, 4) is 0 Å². The lowest BCUT2D eigenvalue weighted by Gasteiger charge is -2.20. The normalized spacial score (nSPS) is 24.3. The zero-order valence-electron chi connectivity index (χ0n) is 25.5. The second-order valence-corrected chi connectivity index (χ2v) is 11.1. The number of aryl methyl sites for hydroxylation is 2. The average molecular weight is 665 g/mol. The van der Waals surface area contributed by atoms with Crippen LogP contribution >= 0.6 is 0 Å². The van der Waals surface area contributed by atoms with E-state index in [0.717, 1.165) is 16.1 Å². The first-order chi connectivity index (χ1) is 22.3. The Morgan fingerprint density at radius 2 is 1.55 bits per heavy atom. The fraction of sp³-hybridized carbons (Fsp3) is 0.593. The molecule has 254 valence electrons. The molecule has 19 nitrogen and oxygen atoms in total. The van der Waals surface area contributed by atoms with Crippen LogP contribution in [-0.2, 0) is 33.3 Å². The third kappa shape index (κ3) is 8.60. The van der Waals surface area contributed by atoms with Gasteiger partial charge in [0.2, 0.25) is 5.91 Å². The van der Waals surface area contributed by atoms with Crippen LogP contribution in [0.1, 0.15) is 56.2 Å². The smallest absolute Gasteiger partial charge is 0.330 e. The maximum absolute atomic E-state index is 14.6. The van der Waals surface area contributed by atoms with E-state index in [1.165, 1.54) is 26.2 Å². The molecule has 0 bridgehead atoms. The van der Waals surface area contributed by atoms with Crippen molar-refractivity contribution in [3.05, 3.63) is 75.6 Å². The summed E-state index contributed by atoms with van der Waals surface area (Å²) in [7, 11) is 0. The average Bonchev–Trinajstić information content (AvgIpc) is 3.58. The number of azide groups is 1. The molecule has 2 fully saturated rings. The number of ether oxygens (including phenoxy) is 4. The summed E-state index contributed by atoms with van der Waals surface area (Å²) in [6, 6.07) is -2.15. The largest absolute Gasteiger partial charge is 0.463 e. The van der Waals surface area contributed by atoms with Crippen molar-refractivity contribution in [3.63, 3.8) is 0 Å². The van der Waals surface area contributed by atoms with E-state index < -0.39 is 96.5 Å². The highest BCUT2D eigenvalue weighted by Gasteiger charge is 2.39. The highest BCUT2D eigenvalue weighted by Crippen LogP contribution is 2.31. The van der Waals surface area contributed by atoms with Crippen LogP contribution in [0.3, 0.4) is 0 Å². The van der Waals surface area contributed by atoms with Crippen LogP contribution in [0.25, 0.3) is 10.4 Å². The number of aromatic amines is 2. The minimum absolute atomic E-state index is 0.0328. The summed E-state index contributed by atoms with van der Waals surface area (Å²) in [6.07, 6.45) is -4.04. The zero-order valence-corrected chi connectivity index (χ0v) is 25.5.